The average Bonchev–Trinajstić information content (AvgIpc) is 2.78. The Morgan fingerprint density at radius 2 is 2.00 bits per heavy atom. The number of hydrogen-bond acceptors (Lipinski definition) is 4. The number of carbonyl (C=O) groups is 1. The minimum atomic E-state index is -0.147. The second kappa shape index (κ2) is 3.80. The molecule has 0 N–H and O–H groups in total. The highest BCUT2D eigenvalue weighted by Crippen LogP contribution is 2.47. The SMILES string of the molecule is O=Cc1nc(C2(c3ccccc3)CCC2)no1. The highest BCUT2D eigenvalue weighted by Gasteiger charge is 2.44. The molecule has 17 heavy (non-hydrogen) atoms. The fourth-order valence-corrected chi connectivity index (χ4v) is 2.41. The molecule has 1 fully saturated rings. The van der Waals surface area contributed by atoms with Crippen LogP contribution in [-0.2, 0) is 5.41 Å². The van der Waals surface area contributed by atoms with E-state index in [2.05, 4.69) is 22.3 Å². The molecule has 1 aromatic carbocycles. The number of rotatable bonds is 3. The van der Waals surface area contributed by atoms with Crippen molar-refractivity contribution in [2.24, 2.45) is 0 Å². The number of aromatic nitrogens is 2. The standard InChI is InChI=1S/C13H12N2O2/c16-9-11-14-12(15-17-11)13(7-4-8-13)10-5-2-1-3-6-10/h1-3,5-6,9H,4,7-8H2. The molecule has 0 unspecified atom stereocenters. The zero-order valence-corrected chi connectivity index (χ0v) is 9.30. The van der Waals surface area contributed by atoms with E-state index in [-0.39, 0.29) is 11.3 Å². The predicted molar refractivity (Wildman–Crippen MR) is 60.8 cm³/mol. The third kappa shape index (κ3) is 1.48. The maximum Gasteiger partial charge on any atom is 0.290 e. The lowest BCUT2D eigenvalue weighted by atomic mass is 9.64. The van der Waals surface area contributed by atoms with E-state index in [0.717, 1.165) is 19.3 Å². The third-order valence-electron chi connectivity index (χ3n) is 3.50. The van der Waals surface area contributed by atoms with Gasteiger partial charge in [0.1, 0.15) is 0 Å². The predicted octanol–water partition coefficient (Wildman–Crippen LogP) is 2.35. The first kappa shape index (κ1) is 10.2. The van der Waals surface area contributed by atoms with Crippen molar-refractivity contribution in [3.63, 3.8) is 0 Å². The first-order valence-corrected chi connectivity index (χ1v) is 5.70. The van der Waals surface area contributed by atoms with E-state index >= 15 is 0 Å². The molecule has 1 saturated carbocycles. The molecule has 3 rings (SSSR count). The fourth-order valence-electron chi connectivity index (χ4n) is 2.41. The first-order valence-electron chi connectivity index (χ1n) is 5.70. The third-order valence-corrected chi connectivity index (χ3v) is 3.50. The largest absolute Gasteiger partial charge is 0.331 e. The lowest BCUT2D eigenvalue weighted by Crippen LogP contribution is -2.36. The summed E-state index contributed by atoms with van der Waals surface area (Å²) >= 11 is 0. The van der Waals surface area contributed by atoms with Crippen molar-refractivity contribution in [1.29, 1.82) is 0 Å². The smallest absolute Gasteiger partial charge is 0.290 e. The Kier molecular flexibility index (Phi) is 2.28. The van der Waals surface area contributed by atoms with Crippen molar-refractivity contribution in [2.45, 2.75) is 24.7 Å². The van der Waals surface area contributed by atoms with Crippen molar-refractivity contribution in [1.82, 2.24) is 10.1 Å². The van der Waals surface area contributed by atoms with E-state index in [1.54, 1.807) is 0 Å². The van der Waals surface area contributed by atoms with Gasteiger partial charge in [-0.25, -0.2) is 0 Å². The molecule has 0 atom stereocenters. The van der Waals surface area contributed by atoms with Crippen molar-refractivity contribution in [2.75, 3.05) is 0 Å². The van der Waals surface area contributed by atoms with Gasteiger partial charge >= 0.3 is 0 Å². The van der Waals surface area contributed by atoms with Crippen LogP contribution in [0.1, 0.15) is 41.3 Å². The number of benzene rings is 1. The molecule has 86 valence electrons. The summed E-state index contributed by atoms with van der Waals surface area (Å²) in [6, 6.07) is 10.2. The minimum Gasteiger partial charge on any atom is -0.331 e. The second-order valence-electron chi connectivity index (χ2n) is 4.38. The average molecular weight is 228 g/mol. The molecule has 4 nitrogen and oxygen atoms in total. The summed E-state index contributed by atoms with van der Waals surface area (Å²) in [5.74, 6) is 0.694. The summed E-state index contributed by atoms with van der Waals surface area (Å²) in [6.07, 6.45) is 3.76. The van der Waals surface area contributed by atoms with Gasteiger partial charge in [-0.3, -0.25) is 4.79 Å². The summed E-state index contributed by atoms with van der Waals surface area (Å²) < 4.78 is 4.89. The van der Waals surface area contributed by atoms with Crippen LogP contribution in [0.4, 0.5) is 0 Å². The molecule has 0 aliphatic heterocycles. The monoisotopic (exact) mass is 228 g/mol. The normalized spacial score (nSPS) is 17.4. The highest BCUT2D eigenvalue weighted by atomic mass is 16.5. The molecular weight excluding hydrogens is 216 g/mol. The van der Waals surface area contributed by atoms with Crippen LogP contribution in [0.15, 0.2) is 34.9 Å². The van der Waals surface area contributed by atoms with Crippen LogP contribution in [0.2, 0.25) is 0 Å². The maximum absolute atomic E-state index is 10.6. The van der Waals surface area contributed by atoms with E-state index in [4.69, 9.17) is 4.52 Å². The quantitative estimate of drug-likeness (QED) is 0.757. The van der Waals surface area contributed by atoms with Gasteiger partial charge in [0.05, 0.1) is 5.41 Å². The molecule has 0 radical (unpaired) electrons. The van der Waals surface area contributed by atoms with Gasteiger partial charge in [0, 0.05) is 0 Å². The Bertz CT molecular complexity index is 529. The van der Waals surface area contributed by atoms with Gasteiger partial charge in [-0.05, 0) is 18.4 Å². The maximum atomic E-state index is 10.6. The van der Waals surface area contributed by atoms with Gasteiger partial charge in [-0.15, -0.1) is 0 Å². The Morgan fingerprint density at radius 3 is 2.53 bits per heavy atom. The number of aldehydes is 1. The van der Waals surface area contributed by atoms with E-state index < -0.39 is 0 Å². The van der Waals surface area contributed by atoms with Gasteiger partial charge in [0.25, 0.3) is 5.89 Å². The molecule has 0 saturated heterocycles. The number of nitrogens with zero attached hydrogens (tertiary/aromatic N) is 2. The Hall–Kier alpha value is -1.97. The fraction of sp³-hybridized carbons (Fsp3) is 0.308. The van der Waals surface area contributed by atoms with E-state index in [0.29, 0.717) is 12.1 Å². The summed E-state index contributed by atoms with van der Waals surface area (Å²) in [7, 11) is 0. The van der Waals surface area contributed by atoms with Crippen molar-refractivity contribution >= 4 is 6.29 Å². The van der Waals surface area contributed by atoms with Crippen molar-refractivity contribution in [3.8, 4) is 0 Å². The van der Waals surface area contributed by atoms with Crippen molar-refractivity contribution < 1.29 is 9.32 Å². The van der Waals surface area contributed by atoms with Crippen LogP contribution in [0.5, 0.6) is 0 Å². The molecule has 1 heterocycles. The van der Waals surface area contributed by atoms with Crippen LogP contribution >= 0.6 is 0 Å². The molecule has 4 heteroatoms. The Balaban J connectivity index is 2.05. The van der Waals surface area contributed by atoms with Crippen LogP contribution in [0, 0.1) is 0 Å². The minimum absolute atomic E-state index is 0.0576. The van der Waals surface area contributed by atoms with Crippen LogP contribution in [0.3, 0.4) is 0 Å². The lowest BCUT2D eigenvalue weighted by Gasteiger charge is -2.39. The van der Waals surface area contributed by atoms with Gasteiger partial charge in [-0.2, -0.15) is 4.98 Å². The Morgan fingerprint density at radius 1 is 1.24 bits per heavy atom. The molecule has 0 bridgehead atoms. The molecule has 1 aliphatic rings. The van der Waals surface area contributed by atoms with Crippen molar-refractivity contribution in [3.05, 3.63) is 47.6 Å². The van der Waals surface area contributed by atoms with Gasteiger partial charge in [0.15, 0.2) is 5.82 Å². The summed E-state index contributed by atoms with van der Waals surface area (Å²) in [5.41, 5.74) is 1.05. The van der Waals surface area contributed by atoms with Crippen LogP contribution < -0.4 is 0 Å². The van der Waals surface area contributed by atoms with E-state index in [1.807, 2.05) is 18.2 Å². The molecule has 1 aliphatic carbocycles. The summed E-state index contributed by atoms with van der Waals surface area (Å²) in [6.45, 7) is 0. The number of carbonyl (C=O) groups excluding carboxylic acids is 1. The molecule has 0 amide bonds. The van der Waals surface area contributed by atoms with Crippen LogP contribution in [-0.4, -0.2) is 16.4 Å². The van der Waals surface area contributed by atoms with Gasteiger partial charge in [-0.1, -0.05) is 41.9 Å². The first-order chi connectivity index (χ1) is 8.35. The molecule has 1 aromatic heterocycles. The highest BCUT2D eigenvalue weighted by molar-refractivity contribution is 5.67. The van der Waals surface area contributed by atoms with E-state index in [9.17, 15) is 4.79 Å². The summed E-state index contributed by atoms with van der Waals surface area (Å²) in [4.78, 5) is 14.7. The summed E-state index contributed by atoms with van der Waals surface area (Å²) in [5, 5.41) is 3.94. The van der Waals surface area contributed by atoms with Gasteiger partial charge < -0.3 is 4.52 Å². The number of hydrogen-bond donors (Lipinski definition) is 0. The van der Waals surface area contributed by atoms with Crippen LogP contribution in [0.25, 0.3) is 0 Å². The molecule has 2 aromatic rings. The van der Waals surface area contributed by atoms with E-state index in [1.165, 1.54) is 5.56 Å². The topological polar surface area (TPSA) is 56.0 Å². The molecular formula is C13H12N2O2. The second-order valence-corrected chi connectivity index (χ2v) is 4.38. The Labute approximate surface area is 98.7 Å². The van der Waals surface area contributed by atoms with Gasteiger partial charge in [0.2, 0.25) is 6.29 Å². The lowest BCUT2D eigenvalue weighted by molar-refractivity contribution is 0.108. The zero-order chi connectivity index (χ0) is 11.7. The zero-order valence-electron chi connectivity index (χ0n) is 9.30. The molecule has 0 spiro atoms.